The Labute approximate surface area is 128 Å². The Morgan fingerprint density at radius 3 is 2.43 bits per heavy atom. The number of carbonyl (C=O) groups is 1. The molecule has 6 heteroatoms. The Morgan fingerprint density at radius 1 is 1.14 bits per heavy atom. The highest BCUT2D eigenvalue weighted by Gasteiger charge is 2.33. The third-order valence-corrected chi connectivity index (χ3v) is 3.62. The number of alkyl halides is 3. The summed E-state index contributed by atoms with van der Waals surface area (Å²) < 4.78 is 38.4. The zero-order valence-electron chi connectivity index (χ0n) is 11.0. The molecule has 0 radical (unpaired) electrons. The van der Waals surface area contributed by atoms with Gasteiger partial charge in [0.05, 0.1) is 5.56 Å². The molecule has 0 aliphatic carbocycles. The quantitative estimate of drug-likeness (QED) is 0.802. The number of rotatable bonds is 2. The van der Waals surface area contributed by atoms with E-state index in [1.807, 2.05) is 6.07 Å². The van der Waals surface area contributed by atoms with Gasteiger partial charge in [0.25, 0.3) is 5.91 Å². The Kier molecular flexibility index (Phi) is 4.37. The topological polar surface area (TPSA) is 29.1 Å². The van der Waals surface area contributed by atoms with Crippen LogP contribution in [0.1, 0.15) is 21.5 Å². The Morgan fingerprint density at radius 2 is 1.81 bits per heavy atom. The van der Waals surface area contributed by atoms with Crippen LogP contribution in [0.5, 0.6) is 0 Å². The highest BCUT2D eigenvalue weighted by molar-refractivity contribution is 9.10. The highest BCUT2D eigenvalue weighted by atomic mass is 79.9. The molecule has 2 rings (SSSR count). The second kappa shape index (κ2) is 5.89. The lowest BCUT2D eigenvalue weighted by atomic mass is 10.1. The maximum Gasteiger partial charge on any atom is 0.417 e. The lowest BCUT2D eigenvalue weighted by Crippen LogP contribution is -2.15. The molecule has 0 bridgehead atoms. The van der Waals surface area contributed by atoms with Gasteiger partial charge in [-0.3, -0.25) is 4.79 Å². The van der Waals surface area contributed by atoms with Gasteiger partial charge < -0.3 is 5.32 Å². The van der Waals surface area contributed by atoms with E-state index in [0.717, 1.165) is 11.6 Å². The number of hydrogen-bond acceptors (Lipinski definition) is 1. The van der Waals surface area contributed by atoms with E-state index >= 15 is 0 Å². The van der Waals surface area contributed by atoms with Crippen molar-refractivity contribution in [1.29, 1.82) is 0 Å². The summed E-state index contributed by atoms with van der Waals surface area (Å²) in [5, 5.41) is 2.60. The third-order valence-electron chi connectivity index (χ3n) is 2.93. The minimum Gasteiger partial charge on any atom is -0.322 e. The molecular formula is C15H11BrF3NO. The summed E-state index contributed by atoms with van der Waals surface area (Å²) in [4.78, 5) is 12.1. The lowest BCUT2D eigenvalue weighted by molar-refractivity contribution is -0.138. The second-order valence-electron chi connectivity index (χ2n) is 4.46. The van der Waals surface area contributed by atoms with Crippen molar-refractivity contribution in [2.24, 2.45) is 0 Å². The standard InChI is InChI=1S/C15H11BrF3NO/c1-9-4-2-3-5-13(9)20-14(21)10-6-7-12(16)11(8-10)15(17,18)19/h2-8H,1H3,(H,20,21). The molecule has 0 spiro atoms. The highest BCUT2D eigenvalue weighted by Crippen LogP contribution is 2.35. The predicted molar refractivity (Wildman–Crippen MR) is 78.3 cm³/mol. The van der Waals surface area contributed by atoms with Crippen LogP contribution in [0.25, 0.3) is 0 Å². The SMILES string of the molecule is Cc1ccccc1NC(=O)c1ccc(Br)c(C(F)(F)F)c1. The van der Waals surface area contributed by atoms with Crippen molar-refractivity contribution in [3.8, 4) is 0 Å². The molecule has 0 heterocycles. The average Bonchev–Trinajstić information content (AvgIpc) is 2.40. The number of hydrogen-bond donors (Lipinski definition) is 1. The third kappa shape index (κ3) is 3.64. The van der Waals surface area contributed by atoms with E-state index in [1.165, 1.54) is 12.1 Å². The number of carbonyl (C=O) groups excluding carboxylic acids is 1. The summed E-state index contributed by atoms with van der Waals surface area (Å²) in [6.07, 6.45) is -4.52. The molecule has 110 valence electrons. The first-order chi connectivity index (χ1) is 9.79. The maximum absolute atomic E-state index is 12.8. The van der Waals surface area contributed by atoms with E-state index in [2.05, 4.69) is 21.2 Å². The van der Waals surface area contributed by atoms with Crippen molar-refractivity contribution in [3.05, 3.63) is 63.6 Å². The van der Waals surface area contributed by atoms with Crippen molar-refractivity contribution < 1.29 is 18.0 Å². The van der Waals surface area contributed by atoms with E-state index in [1.54, 1.807) is 25.1 Å². The summed E-state index contributed by atoms with van der Waals surface area (Å²) in [6.45, 7) is 1.80. The first kappa shape index (κ1) is 15.6. The second-order valence-corrected chi connectivity index (χ2v) is 5.32. The molecule has 2 aromatic rings. The molecule has 0 unspecified atom stereocenters. The normalized spacial score (nSPS) is 11.3. The van der Waals surface area contributed by atoms with E-state index in [9.17, 15) is 18.0 Å². The zero-order valence-corrected chi connectivity index (χ0v) is 12.5. The van der Waals surface area contributed by atoms with E-state index < -0.39 is 17.6 Å². The van der Waals surface area contributed by atoms with Crippen molar-refractivity contribution in [1.82, 2.24) is 0 Å². The van der Waals surface area contributed by atoms with Gasteiger partial charge in [-0.25, -0.2) is 0 Å². The van der Waals surface area contributed by atoms with Gasteiger partial charge in [-0.1, -0.05) is 34.1 Å². The number of nitrogens with one attached hydrogen (secondary N) is 1. The van der Waals surface area contributed by atoms with E-state index in [0.29, 0.717) is 5.69 Å². The Bertz CT molecular complexity index is 683. The van der Waals surface area contributed by atoms with Crippen molar-refractivity contribution in [3.63, 3.8) is 0 Å². The van der Waals surface area contributed by atoms with Crippen molar-refractivity contribution >= 4 is 27.5 Å². The fourth-order valence-corrected chi connectivity index (χ4v) is 2.26. The fourth-order valence-electron chi connectivity index (χ4n) is 1.79. The number of anilines is 1. The van der Waals surface area contributed by atoms with Crippen molar-refractivity contribution in [2.45, 2.75) is 13.1 Å². The number of benzene rings is 2. The predicted octanol–water partition coefficient (Wildman–Crippen LogP) is 5.03. The molecule has 0 saturated carbocycles. The molecule has 21 heavy (non-hydrogen) atoms. The molecule has 1 amide bonds. The van der Waals surface area contributed by atoms with Crippen molar-refractivity contribution in [2.75, 3.05) is 5.32 Å². The molecular weight excluding hydrogens is 347 g/mol. The number of aryl methyl sites for hydroxylation is 1. The van der Waals surface area contributed by atoms with Gasteiger partial charge in [0.15, 0.2) is 0 Å². The van der Waals surface area contributed by atoms with E-state index in [-0.39, 0.29) is 10.0 Å². The van der Waals surface area contributed by atoms with Crippen LogP contribution in [0.4, 0.5) is 18.9 Å². The lowest BCUT2D eigenvalue weighted by Gasteiger charge is -2.12. The number of halogens is 4. The summed E-state index contributed by atoms with van der Waals surface area (Å²) in [6, 6.07) is 10.4. The monoisotopic (exact) mass is 357 g/mol. The van der Waals surface area contributed by atoms with Gasteiger partial charge >= 0.3 is 6.18 Å². The molecule has 0 saturated heterocycles. The number of para-hydroxylation sites is 1. The van der Waals surface area contributed by atoms with Gasteiger partial charge in [0.2, 0.25) is 0 Å². The van der Waals surface area contributed by atoms with Crippen LogP contribution >= 0.6 is 15.9 Å². The van der Waals surface area contributed by atoms with Crippen LogP contribution in [0.15, 0.2) is 46.9 Å². The van der Waals surface area contributed by atoms with Gasteiger partial charge in [0, 0.05) is 15.7 Å². The van der Waals surface area contributed by atoms with Crippen LogP contribution in [0, 0.1) is 6.92 Å². The van der Waals surface area contributed by atoms with Crippen LogP contribution in [-0.2, 0) is 6.18 Å². The summed E-state index contributed by atoms with van der Waals surface area (Å²) in [5.74, 6) is -0.581. The molecule has 1 N–H and O–H groups in total. The number of amides is 1. The van der Waals surface area contributed by atoms with E-state index in [4.69, 9.17) is 0 Å². The van der Waals surface area contributed by atoms with Gasteiger partial charge in [-0.05, 0) is 36.8 Å². The van der Waals surface area contributed by atoms with Crippen LogP contribution in [0.2, 0.25) is 0 Å². The maximum atomic E-state index is 12.8. The molecule has 0 atom stereocenters. The van der Waals surface area contributed by atoms with Gasteiger partial charge in [-0.2, -0.15) is 13.2 Å². The summed E-state index contributed by atoms with van der Waals surface area (Å²) in [7, 11) is 0. The fraction of sp³-hybridized carbons (Fsp3) is 0.133. The average molecular weight is 358 g/mol. The minimum atomic E-state index is -4.52. The molecule has 2 aromatic carbocycles. The minimum absolute atomic E-state index is 0.0474. The van der Waals surface area contributed by atoms with Crippen LogP contribution in [0.3, 0.4) is 0 Å². The molecule has 0 aliphatic rings. The Balaban J connectivity index is 2.31. The van der Waals surface area contributed by atoms with Gasteiger partial charge in [0.1, 0.15) is 0 Å². The summed E-state index contributed by atoms with van der Waals surface area (Å²) in [5.41, 5.74) is 0.478. The first-order valence-corrected chi connectivity index (χ1v) is 6.82. The molecule has 2 nitrogen and oxygen atoms in total. The Hall–Kier alpha value is -1.82. The molecule has 0 aromatic heterocycles. The van der Waals surface area contributed by atoms with Gasteiger partial charge in [-0.15, -0.1) is 0 Å². The van der Waals surface area contributed by atoms with Crippen LogP contribution < -0.4 is 5.32 Å². The summed E-state index contributed by atoms with van der Waals surface area (Å²) >= 11 is 2.84. The molecule has 0 fully saturated rings. The smallest absolute Gasteiger partial charge is 0.322 e. The zero-order chi connectivity index (χ0) is 15.6. The van der Waals surface area contributed by atoms with Crippen LogP contribution in [-0.4, -0.2) is 5.91 Å². The molecule has 0 aliphatic heterocycles. The first-order valence-electron chi connectivity index (χ1n) is 6.03. The largest absolute Gasteiger partial charge is 0.417 e.